The standard InChI is InChI=1S/C8H9ClN4O/c9-6-8(12-3-2-11-6)13-4-1-5(13)7(10)14/h2-3,5H,1,4H2,(H2,10,14). The molecule has 0 aromatic carbocycles. The molecule has 1 amide bonds. The first kappa shape index (κ1) is 9.21. The molecule has 2 rings (SSSR count). The van der Waals surface area contributed by atoms with Gasteiger partial charge in [-0.15, -0.1) is 0 Å². The molecule has 14 heavy (non-hydrogen) atoms. The largest absolute Gasteiger partial charge is 0.368 e. The van der Waals surface area contributed by atoms with Crippen LogP contribution in [-0.4, -0.2) is 28.5 Å². The smallest absolute Gasteiger partial charge is 0.240 e. The monoisotopic (exact) mass is 212 g/mol. The number of anilines is 1. The Kier molecular flexibility index (Phi) is 2.25. The van der Waals surface area contributed by atoms with E-state index in [-0.39, 0.29) is 11.9 Å². The van der Waals surface area contributed by atoms with Gasteiger partial charge in [0.2, 0.25) is 5.91 Å². The van der Waals surface area contributed by atoms with Gasteiger partial charge in [0.05, 0.1) is 0 Å². The highest BCUT2D eigenvalue weighted by Crippen LogP contribution is 2.28. The molecular weight excluding hydrogens is 204 g/mol. The summed E-state index contributed by atoms with van der Waals surface area (Å²) in [4.78, 5) is 20.7. The average molecular weight is 213 g/mol. The van der Waals surface area contributed by atoms with E-state index in [1.54, 1.807) is 4.90 Å². The van der Waals surface area contributed by atoms with Crippen molar-refractivity contribution in [2.24, 2.45) is 5.73 Å². The van der Waals surface area contributed by atoms with E-state index >= 15 is 0 Å². The van der Waals surface area contributed by atoms with Gasteiger partial charge in [0.1, 0.15) is 6.04 Å². The highest BCUT2D eigenvalue weighted by Gasteiger charge is 2.34. The van der Waals surface area contributed by atoms with Crippen molar-refractivity contribution < 1.29 is 4.79 Å². The molecule has 1 aromatic heterocycles. The van der Waals surface area contributed by atoms with Crippen molar-refractivity contribution in [3.8, 4) is 0 Å². The molecule has 0 spiro atoms. The van der Waals surface area contributed by atoms with Gasteiger partial charge in [-0.3, -0.25) is 4.79 Å². The molecule has 2 heterocycles. The van der Waals surface area contributed by atoms with Crippen LogP contribution in [0, 0.1) is 0 Å². The number of carbonyl (C=O) groups excluding carboxylic acids is 1. The summed E-state index contributed by atoms with van der Waals surface area (Å²) in [5.41, 5.74) is 5.20. The average Bonchev–Trinajstić information content (AvgIpc) is 2.05. The van der Waals surface area contributed by atoms with E-state index < -0.39 is 0 Å². The van der Waals surface area contributed by atoms with E-state index in [2.05, 4.69) is 9.97 Å². The van der Waals surface area contributed by atoms with Crippen LogP contribution in [0.5, 0.6) is 0 Å². The van der Waals surface area contributed by atoms with Crippen molar-refractivity contribution in [2.45, 2.75) is 12.5 Å². The van der Waals surface area contributed by atoms with Crippen LogP contribution in [0.3, 0.4) is 0 Å². The van der Waals surface area contributed by atoms with Crippen LogP contribution in [0.1, 0.15) is 6.42 Å². The number of hydrogen-bond donors (Lipinski definition) is 1. The summed E-state index contributed by atoms with van der Waals surface area (Å²) in [5.74, 6) is 0.183. The summed E-state index contributed by atoms with van der Waals surface area (Å²) in [5, 5.41) is 0.304. The minimum Gasteiger partial charge on any atom is -0.368 e. The van der Waals surface area contributed by atoms with Gasteiger partial charge < -0.3 is 10.6 Å². The van der Waals surface area contributed by atoms with Crippen LogP contribution in [0.25, 0.3) is 0 Å². The summed E-state index contributed by atoms with van der Waals surface area (Å²) in [6.07, 6.45) is 3.80. The zero-order valence-electron chi connectivity index (χ0n) is 7.35. The summed E-state index contributed by atoms with van der Waals surface area (Å²) in [6, 6.07) is -0.288. The Hall–Kier alpha value is -1.36. The second-order valence-electron chi connectivity index (χ2n) is 3.07. The van der Waals surface area contributed by atoms with Crippen LogP contribution >= 0.6 is 11.6 Å². The lowest BCUT2D eigenvalue weighted by Gasteiger charge is -2.39. The maximum absolute atomic E-state index is 11.0. The molecule has 1 aliphatic heterocycles. The van der Waals surface area contributed by atoms with Gasteiger partial charge in [0.25, 0.3) is 0 Å². The fourth-order valence-corrected chi connectivity index (χ4v) is 1.66. The van der Waals surface area contributed by atoms with Crippen molar-refractivity contribution in [1.29, 1.82) is 0 Å². The van der Waals surface area contributed by atoms with Crippen molar-refractivity contribution in [2.75, 3.05) is 11.4 Å². The molecule has 0 radical (unpaired) electrons. The van der Waals surface area contributed by atoms with Crippen molar-refractivity contribution in [3.05, 3.63) is 17.5 Å². The van der Waals surface area contributed by atoms with Crippen molar-refractivity contribution in [1.82, 2.24) is 9.97 Å². The van der Waals surface area contributed by atoms with Crippen LogP contribution in [0.4, 0.5) is 5.82 Å². The highest BCUT2D eigenvalue weighted by molar-refractivity contribution is 6.31. The van der Waals surface area contributed by atoms with E-state index in [9.17, 15) is 4.79 Å². The quantitative estimate of drug-likeness (QED) is 0.760. The molecule has 1 atom stereocenters. The minimum absolute atomic E-state index is 0.288. The lowest BCUT2D eigenvalue weighted by atomic mass is 10.0. The lowest BCUT2D eigenvalue weighted by Crippen LogP contribution is -2.55. The molecule has 1 unspecified atom stereocenters. The molecule has 6 heteroatoms. The van der Waals surface area contributed by atoms with Gasteiger partial charge in [-0.05, 0) is 6.42 Å². The highest BCUT2D eigenvalue weighted by atomic mass is 35.5. The predicted octanol–water partition coefficient (Wildman–Crippen LogP) is 0.194. The summed E-state index contributed by atoms with van der Waals surface area (Å²) >= 11 is 5.83. The zero-order valence-corrected chi connectivity index (χ0v) is 8.11. The third-order valence-electron chi connectivity index (χ3n) is 2.26. The summed E-state index contributed by atoms with van der Waals surface area (Å²) in [6.45, 7) is 0.742. The number of amides is 1. The number of aromatic nitrogens is 2. The number of nitrogens with two attached hydrogens (primary N) is 1. The van der Waals surface area contributed by atoms with Crippen LogP contribution in [0.2, 0.25) is 5.15 Å². The Balaban J connectivity index is 2.24. The van der Waals surface area contributed by atoms with Gasteiger partial charge in [-0.1, -0.05) is 11.6 Å². The lowest BCUT2D eigenvalue weighted by molar-refractivity contribution is -0.120. The Morgan fingerprint density at radius 1 is 1.57 bits per heavy atom. The number of carbonyl (C=O) groups is 1. The van der Waals surface area contributed by atoms with Crippen molar-refractivity contribution >= 4 is 23.3 Å². The molecule has 0 saturated carbocycles. The first-order valence-corrected chi connectivity index (χ1v) is 4.60. The third kappa shape index (κ3) is 1.39. The molecule has 1 saturated heterocycles. The van der Waals surface area contributed by atoms with E-state index in [1.807, 2.05) is 0 Å². The maximum atomic E-state index is 11.0. The Morgan fingerprint density at radius 2 is 2.29 bits per heavy atom. The molecule has 1 aromatic rings. The van der Waals surface area contributed by atoms with E-state index in [1.165, 1.54) is 12.4 Å². The maximum Gasteiger partial charge on any atom is 0.240 e. The Morgan fingerprint density at radius 3 is 2.79 bits per heavy atom. The van der Waals surface area contributed by atoms with Crippen LogP contribution < -0.4 is 10.6 Å². The van der Waals surface area contributed by atoms with Gasteiger partial charge in [0, 0.05) is 18.9 Å². The molecule has 1 fully saturated rings. The molecule has 5 nitrogen and oxygen atoms in total. The second-order valence-corrected chi connectivity index (χ2v) is 3.43. The number of nitrogens with zero attached hydrogens (tertiary/aromatic N) is 3. The molecule has 1 aliphatic rings. The van der Waals surface area contributed by atoms with Gasteiger partial charge in [-0.25, -0.2) is 9.97 Å². The number of hydrogen-bond acceptors (Lipinski definition) is 4. The number of halogens is 1. The summed E-state index contributed by atoms with van der Waals surface area (Å²) < 4.78 is 0. The van der Waals surface area contributed by atoms with Crippen LogP contribution in [0.15, 0.2) is 12.4 Å². The number of rotatable bonds is 2. The van der Waals surface area contributed by atoms with E-state index in [4.69, 9.17) is 17.3 Å². The molecule has 2 N–H and O–H groups in total. The molecular formula is C8H9ClN4O. The van der Waals surface area contributed by atoms with Crippen molar-refractivity contribution in [3.63, 3.8) is 0 Å². The number of primary amides is 1. The second kappa shape index (κ2) is 3.42. The predicted molar refractivity (Wildman–Crippen MR) is 52.0 cm³/mol. The minimum atomic E-state index is -0.349. The first-order valence-electron chi connectivity index (χ1n) is 4.22. The first-order chi connectivity index (χ1) is 6.70. The van der Waals surface area contributed by atoms with E-state index in [0.29, 0.717) is 11.0 Å². The fraction of sp³-hybridized carbons (Fsp3) is 0.375. The van der Waals surface area contributed by atoms with Gasteiger partial charge in [0.15, 0.2) is 11.0 Å². The van der Waals surface area contributed by atoms with Crippen LogP contribution in [-0.2, 0) is 4.79 Å². The zero-order chi connectivity index (χ0) is 10.1. The van der Waals surface area contributed by atoms with Gasteiger partial charge in [-0.2, -0.15) is 0 Å². The molecule has 0 aliphatic carbocycles. The molecule has 74 valence electrons. The topological polar surface area (TPSA) is 72.1 Å². The third-order valence-corrected chi connectivity index (χ3v) is 2.52. The Bertz CT molecular complexity index is 370. The normalized spacial score (nSPS) is 20.4. The molecule has 0 bridgehead atoms. The fourth-order valence-electron chi connectivity index (χ4n) is 1.44. The van der Waals surface area contributed by atoms with E-state index in [0.717, 1.165) is 13.0 Å². The Labute approximate surface area is 85.9 Å². The SMILES string of the molecule is NC(=O)C1CCN1c1nccnc1Cl. The van der Waals surface area contributed by atoms with Gasteiger partial charge >= 0.3 is 0 Å². The summed E-state index contributed by atoms with van der Waals surface area (Å²) in [7, 11) is 0.